The van der Waals surface area contributed by atoms with Gasteiger partial charge in [-0.25, -0.2) is 19.9 Å². The van der Waals surface area contributed by atoms with Crippen molar-refractivity contribution in [3.8, 4) is 21.1 Å². The van der Waals surface area contributed by atoms with Crippen LogP contribution in [0.1, 0.15) is 65.8 Å². The van der Waals surface area contributed by atoms with Crippen LogP contribution in [0, 0.1) is 9.41 Å². The van der Waals surface area contributed by atoms with E-state index in [1.54, 1.807) is 33.9 Å². The monoisotopic (exact) mass is 1310 g/mol. The fraction of sp³-hybridized carbons (Fsp3) is 0.458. The van der Waals surface area contributed by atoms with Crippen LogP contribution in [0.15, 0.2) is 26.8 Å². The number of H-pyrrole nitrogens is 3. The topological polar surface area (TPSA) is 365 Å². The van der Waals surface area contributed by atoms with Crippen molar-refractivity contribution in [2.45, 2.75) is 64.6 Å². The molecule has 0 radical (unpaired) electrons. The molecule has 0 spiro atoms. The molecule has 35 heteroatoms. The summed E-state index contributed by atoms with van der Waals surface area (Å²) in [6, 6.07) is 0. The van der Waals surface area contributed by atoms with Crippen LogP contribution in [0.25, 0.3) is 43.5 Å². The first-order valence-electron chi connectivity index (χ1n) is 25.2. The van der Waals surface area contributed by atoms with Crippen LogP contribution >= 0.6 is 105 Å². The highest BCUT2D eigenvalue weighted by molar-refractivity contribution is 7.77. The maximum absolute atomic E-state index is 12.6. The van der Waals surface area contributed by atoms with Crippen LogP contribution in [-0.4, -0.2) is 156 Å². The van der Waals surface area contributed by atoms with E-state index in [2.05, 4.69) is 49.8 Å². The van der Waals surface area contributed by atoms with E-state index in [0.717, 1.165) is 19.5 Å². The van der Waals surface area contributed by atoms with E-state index in [1.165, 1.54) is 74.2 Å². The van der Waals surface area contributed by atoms with Crippen molar-refractivity contribution in [2.24, 2.45) is 0 Å². The molecule has 10 N–H and O–H groups in total. The maximum Gasteiger partial charge on any atom is 0.280 e. The molecule has 3 fully saturated rings. The van der Waals surface area contributed by atoms with E-state index >= 15 is 0 Å². The molecule has 4 aliphatic rings. The SMILES string of the molecule is CC(C)(O)c1sc(=S)sc1-c1cnc2c(=O)[nH]c(N3CCOCC3)nc2n1.CC(C)(O)c1sc(=S)sc1-c1cnc2nc(N3CCOCC3)[nH]c(=O)c2n1.CC1(C)OC(O)C(=O)c2sc(=S)sc21.Nc1nc(N2CCOCC2)[nH]c(=O)c1N. The molecule has 8 aromatic rings. The number of fused-ring (bicyclic) bond motifs is 3. The first-order valence-corrected chi connectivity index (χ1v) is 31.3. The van der Waals surface area contributed by atoms with Crippen LogP contribution in [0.5, 0.6) is 0 Å². The zero-order chi connectivity index (χ0) is 59.7. The van der Waals surface area contributed by atoms with Gasteiger partial charge in [-0.3, -0.25) is 34.1 Å². The number of nitrogens with two attached hydrogens (primary N) is 2. The van der Waals surface area contributed by atoms with Crippen molar-refractivity contribution in [2.75, 3.05) is 105 Å². The molecule has 1 unspecified atom stereocenters. The minimum absolute atomic E-state index is 0.0352. The highest BCUT2D eigenvalue weighted by Crippen LogP contribution is 2.43. The van der Waals surface area contributed by atoms with Crippen LogP contribution in [0.3, 0.4) is 0 Å². The quantitative estimate of drug-likeness (QED) is 0.0891. The van der Waals surface area contributed by atoms with Crippen molar-refractivity contribution < 1.29 is 39.1 Å². The second-order valence-electron chi connectivity index (χ2n) is 19.9. The van der Waals surface area contributed by atoms with Gasteiger partial charge in [0.25, 0.3) is 16.7 Å². The number of anilines is 5. The number of aromatic nitrogens is 10. The molecule has 8 aromatic heterocycles. The van der Waals surface area contributed by atoms with Gasteiger partial charge < -0.3 is 60.4 Å². The summed E-state index contributed by atoms with van der Waals surface area (Å²) >= 11 is 23.7. The van der Waals surface area contributed by atoms with Crippen LogP contribution < -0.4 is 42.8 Å². The number of ether oxygens (including phenoxy) is 4. The summed E-state index contributed by atoms with van der Waals surface area (Å²) in [5.41, 5.74) is 9.01. The van der Waals surface area contributed by atoms with Gasteiger partial charge in [-0.1, -0.05) is 36.7 Å². The predicted molar refractivity (Wildman–Crippen MR) is 331 cm³/mol. The molecular formula is C48H55N15O11S9. The molecule has 26 nitrogen and oxygen atoms in total. The van der Waals surface area contributed by atoms with Gasteiger partial charge in [0.1, 0.15) is 32.1 Å². The Hall–Kier alpha value is -5.48. The van der Waals surface area contributed by atoms with E-state index in [9.17, 15) is 34.5 Å². The van der Waals surface area contributed by atoms with Gasteiger partial charge in [0.15, 0.2) is 28.1 Å². The van der Waals surface area contributed by atoms with Gasteiger partial charge in [0, 0.05) is 39.3 Å². The third kappa shape index (κ3) is 14.4. The van der Waals surface area contributed by atoms with Gasteiger partial charge in [-0.2, -0.15) is 15.0 Å². The van der Waals surface area contributed by atoms with Gasteiger partial charge in [0.05, 0.1) is 92.5 Å². The number of hydrogen-bond donors (Lipinski definition) is 8. The number of carbonyl (C=O) groups is 1. The lowest BCUT2D eigenvalue weighted by Gasteiger charge is -2.31. The molecule has 0 saturated carbocycles. The third-order valence-corrected chi connectivity index (χ3v) is 21.4. The Bertz CT molecular complexity index is 4060. The number of nitrogen functional groups attached to an aromatic ring is 2. The second-order valence-corrected chi connectivity index (χ2v) is 29.6. The van der Waals surface area contributed by atoms with E-state index in [-0.39, 0.29) is 50.7 Å². The average molecular weight is 1310 g/mol. The standard InChI is InChI=1S/2C16H17N5O3S3.C8H13N5O2.C8H8O3S3/c1-16(2,23)11-10(26-15(25)27-11)8-7-17-12-9(18-8)13(22)20-14(19-12)21-3-5-24-6-4-21;1-16(2,23)11-10(26-15(25)27-11)8-7-17-9-12(18-8)19-14(20-13(9)22)21-3-5-24-6-4-21;9-5-6(10)11-8(12-7(5)14)13-1-3-15-4-2-13;1-8(2)5-4(13-7(12)14-5)3(9)6(10)11-8/h7,23H,3-6H2,1-2H3,(H,17,19,20,22);7,23H,3-6H2,1-2H3,(H,18,19,20,22);1-4,9H2,(H3,10,11,12,14);6,10H,1-2H3. The normalized spacial score (nSPS) is 17.2. The summed E-state index contributed by atoms with van der Waals surface area (Å²) in [5.74, 6) is 1.08. The van der Waals surface area contributed by atoms with Crippen molar-refractivity contribution in [3.05, 3.63) is 72.4 Å². The molecule has 12 heterocycles. The maximum atomic E-state index is 12.6. The lowest BCUT2D eigenvalue weighted by atomic mass is 10.0. The molecule has 3 saturated heterocycles. The minimum atomic E-state index is -1.35. The number of carbonyl (C=O) groups excluding carboxylic acids is 1. The number of aromatic amines is 3. The second kappa shape index (κ2) is 25.6. The predicted octanol–water partition coefficient (Wildman–Crippen LogP) is 5.67. The Morgan fingerprint density at radius 2 is 1.00 bits per heavy atom. The molecule has 1 atom stereocenters. The highest BCUT2D eigenvalue weighted by Gasteiger charge is 2.41. The van der Waals surface area contributed by atoms with E-state index in [0.29, 0.717) is 127 Å². The van der Waals surface area contributed by atoms with Gasteiger partial charge >= 0.3 is 0 Å². The molecule has 4 aliphatic heterocycles. The van der Waals surface area contributed by atoms with Crippen LogP contribution in [0.2, 0.25) is 0 Å². The van der Waals surface area contributed by atoms with Crippen molar-refractivity contribution >= 4 is 162 Å². The molecule has 83 heavy (non-hydrogen) atoms. The number of hydrogen-bond acceptors (Lipinski definition) is 32. The molecule has 442 valence electrons. The molecule has 0 bridgehead atoms. The number of nitrogens with one attached hydrogen (secondary N) is 3. The Kier molecular flexibility index (Phi) is 19.2. The molecule has 12 rings (SSSR count). The van der Waals surface area contributed by atoms with Crippen LogP contribution in [0.4, 0.5) is 29.4 Å². The van der Waals surface area contributed by atoms with Crippen molar-refractivity contribution in [1.29, 1.82) is 0 Å². The van der Waals surface area contributed by atoms with E-state index < -0.39 is 28.7 Å². The zero-order valence-electron chi connectivity index (χ0n) is 45.1. The van der Waals surface area contributed by atoms with Crippen molar-refractivity contribution in [1.82, 2.24) is 49.8 Å². The summed E-state index contributed by atoms with van der Waals surface area (Å²) in [6.07, 6.45) is 1.74. The minimum Gasteiger partial charge on any atom is -0.391 e. The number of ketones is 1. The molecular weight excluding hydrogens is 1250 g/mol. The fourth-order valence-electron chi connectivity index (χ4n) is 8.33. The fourth-order valence-corrected chi connectivity index (χ4v) is 16.6. The summed E-state index contributed by atoms with van der Waals surface area (Å²) in [5, 5.41) is 30.2. The first-order chi connectivity index (χ1) is 39.2. The Labute approximate surface area is 510 Å². The lowest BCUT2D eigenvalue weighted by molar-refractivity contribution is -0.155. The highest BCUT2D eigenvalue weighted by atomic mass is 32.2. The number of aliphatic hydroxyl groups excluding tert-OH is 1. The van der Waals surface area contributed by atoms with Gasteiger partial charge in [-0.15, -0.1) is 68.0 Å². The Morgan fingerprint density at radius 3 is 1.49 bits per heavy atom. The summed E-state index contributed by atoms with van der Waals surface area (Å²) in [4.78, 5) is 96.7. The molecule has 0 aliphatic carbocycles. The van der Waals surface area contributed by atoms with E-state index in [1.807, 2.05) is 28.5 Å². The lowest BCUT2D eigenvalue weighted by Crippen LogP contribution is -2.38. The molecule has 0 amide bonds. The zero-order valence-corrected chi connectivity index (χ0v) is 52.5. The van der Waals surface area contributed by atoms with Gasteiger partial charge in [-0.05, 0) is 41.5 Å². The average Bonchev–Trinajstić information content (AvgIpc) is 3.54. The Morgan fingerprint density at radius 1 is 0.578 bits per heavy atom. The summed E-state index contributed by atoms with van der Waals surface area (Å²) in [7, 11) is 0. The number of morpholine rings is 3. The van der Waals surface area contributed by atoms with Crippen molar-refractivity contribution in [3.63, 3.8) is 0 Å². The van der Waals surface area contributed by atoms with Gasteiger partial charge in [0.2, 0.25) is 29.9 Å². The Balaban J connectivity index is 0.000000139. The summed E-state index contributed by atoms with van der Waals surface area (Å²) in [6.45, 7) is 18.0. The number of rotatable bonds is 7. The molecule has 0 aromatic carbocycles. The first kappa shape index (κ1) is 62.1. The van der Waals surface area contributed by atoms with E-state index in [4.69, 9.17) is 67.1 Å². The number of aliphatic hydroxyl groups is 3. The van der Waals surface area contributed by atoms with Crippen LogP contribution in [-0.2, 0) is 35.8 Å². The number of nitrogens with zero attached hydrogens (tertiary/aromatic N) is 10. The largest absolute Gasteiger partial charge is 0.391 e. The smallest absolute Gasteiger partial charge is 0.280 e. The number of Topliss-reactive ketones (excluding diaryl/α,β-unsaturated/α-hetero) is 1. The third-order valence-electron chi connectivity index (χ3n) is 12.4. The summed E-state index contributed by atoms with van der Waals surface area (Å²) < 4.78 is 23.1.